The minimum atomic E-state index is 0.0662. The fourth-order valence-electron chi connectivity index (χ4n) is 2.89. The van der Waals surface area contributed by atoms with E-state index in [-0.39, 0.29) is 11.9 Å². The van der Waals surface area contributed by atoms with Gasteiger partial charge >= 0.3 is 0 Å². The molecule has 1 aromatic rings. The first-order chi connectivity index (χ1) is 11.1. The highest BCUT2D eigenvalue weighted by molar-refractivity contribution is 5.95. The van der Waals surface area contributed by atoms with Crippen LogP contribution in [0.1, 0.15) is 37.0 Å². The molecule has 0 aliphatic carbocycles. The standard InChI is InChI=1S/C18H28N2O3/c1-13(2)12-23-16-8-7-14(10-17(16)22-4)18(21)20-9-5-6-15(20)11-19-3/h7-8,10,13,15,19H,5-6,9,11-12H2,1-4H3. The summed E-state index contributed by atoms with van der Waals surface area (Å²) in [6.45, 7) is 6.47. The van der Waals surface area contributed by atoms with Gasteiger partial charge in [-0.3, -0.25) is 4.79 Å². The van der Waals surface area contributed by atoms with Crippen LogP contribution in [0.2, 0.25) is 0 Å². The SMILES string of the molecule is CNCC1CCCN1C(=O)c1ccc(OCC(C)C)c(OC)c1. The Morgan fingerprint density at radius 1 is 1.39 bits per heavy atom. The van der Waals surface area contributed by atoms with Crippen LogP contribution in [0.25, 0.3) is 0 Å². The van der Waals surface area contributed by atoms with Crippen LogP contribution in [0.15, 0.2) is 18.2 Å². The molecule has 1 aliphatic rings. The van der Waals surface area contributed by atoms with Crippen LogP contribution in [0, 0.1) is 5.92 Å². The van der Waals surface area contributed by atoms with Gasteiger partial charge in [-0.05, 0) is 44.0 Å². The molecule has 1 N–H and O–H groups in total. The van der Waals surface area contributed by atoms with Gasteiger partial charge < -0.3 is 19.7 Å². The summed E-state index contributed by atoms with van der Waals surface area (Å²) in [7, 11) is 3.52. The van der Waals surface area contributed by atoms with Crippen molar-refractivity contribution in [3.63, 3.8) is 0 Å². The van der Waals surface area contributed by atoms with Crippen LogP contribution >= 0.6 is 0 Å². The fourth-order valence-corrected chi connectivity index (χ4v) is 2.89. The number of likely N-dealkylation sites (tertiary alicyclic amines) is 1. The highest BCUT2D eigenvalue weighted by Crippen LogP contribution is 2.30. The summed E-state index contributed by atoms with van der Waals surface area (Å²) in [5.41, 5.74) is 0.654. The Labute approximate surface area is 139 Å². The lowest BCUT2D eigenvalue weighted by Gasteiger charge is -2.25. The predicted octanol–water partition coefficient (Wildman–Crippen LogP) is 2.55. The molecule has 5 heteroatoms. The zero-order chi connectivity index (χ0) is 16.8. The Hall–Kier alpha value is -1.75. The van der Waals surface area contributed by atoms with E-state index in [1.807, 2.05) is 24.1 Å². The summed E-state index contributed by atoms with van der Waals surface area (Å²) < 4.78 is 11.1. The van der Waals surface area contributed by atoms with Gasteiger partial charge in [0.15, 0.2) is 11.5 Å². The number of amides is 1. The molecule has 1 aromatic carbocycles. The molecule has 1 amide bonds. The summed E-state index contributed by atoms with van der Waals surface area (Å²) >= 11 is 0. The van der Waals surface area contributed by atoms with Crippen molar-refractivity contribution in [3.8, 4) is 11.5 Å². The van der Waals surface area contributed by atoms with Gasteiger partial charge in [0.2, 0.25) is 0 Å². The molecule has 1 unspecified atom stereocenters. The van der Waals surface area contributed by atoms with E-state index in [0.29, 0.717) is 29.6 Å². The Morgan fingerprint density at radius 3 is 2.83 bits per heavy atom. The molecule has 23 heavy (non-hydrogen) atoms. The van der Waals surface area contributed by atoms with E-state index in [9.17, 15) is 4.79 Å². The summed E-state index contributed by atoms with van der Waals surface area (Å²) in [6.07, 6.45) is 2.12. The first kappa shape index (κ1) is 17.6. The molecule has 0 spiro atoms. The first-order valence-electron chi connectivity index (χ1n) is 8.33. The molecule has 0 saturated carbocycles. The smallest absolute Gasteiger partial charge is 0.254 e. The molecular weight excluding hydrogens is 292 g/mol. The number of hydrogen-bond donors (Lipinski definition) is 1. The second-order valence-electron chi connectivity index (χ2n) is 6.42. The number of carbonyl (C=O) groups excluding carboxylic acids is 1. The van der Waals surface area contributed by atoms with Gasteiger partial charge in [-0.15, -0.1) is 0 Å². The van der Waals surface area contributed by atoms with Gasteiger partial charge in [0.1, 0.15) is 0 Å². The quantitative estimate of drug-likeness (QED) is 0.839. The number of rotatable bonds is 7. The maximum absolute atomic E-state index is 12.8. The van der Waals surface area contributed by atoms with E-state index >= 15 is 0 Å². The molecule has 1 heterocycles. The molecule has 128 valence electrons. The summed E-state index contributed by atoms with van der Waals surface area (Å²) in [5.74, 6) is 1.80. The van der Waals surface area contributed by atoms with E-state index in [2.05, 4.69) is 19.2 Å². The largest absolute Gasteiger partial charge is 0.493 e. The first-order valence-corrected chi connectivity index (χ1v) is 8.33. The van der Waals surface area contributed by atoms with Gasteiger partial charge in [-0.2, -0.15) is 0 Å². The third kappa shape index (κ3) is 4.38. The van der Waals surface area contributed by atoms with Crippen LogP contribution in [-0.2, 0) is 0 Å². The highest BCUT2D eigenvalue weighted by atomic mass is 16.5. The van der Waals surface area contributed by atoms with Crippen molar-refractivity contribution >= 4 is 5.91 Å². The summed E-state index contributed by atoms with van der Waals surface area (Å²) in [5, 5.41) is 3.17. The third-order valence-electron chi connectivity index (χ3n) is 4.06. The van der Waals surface area contributed by atoms with Crippen molar-refractivity contribution in [3.05, 3.63) is 23.8 Å². The van der Waals surface area contributed by atoms with Gasteiger partial charge in [-0.25, -0.2) is 0 Å². The molecular formula is C18H28N2O3. The lowest BCUT2D eigenvalue weighted by atomic mass is 10.1. The van der Waals surface area contributed by atoms with Gasteiger partial charge in [0.25, 0.3) is 5.91 Å². The van der Waals surface area contributed by atoms with E-state index in [4.69, 9.17) is 9.47 Å². The van der Waals surface area contributed by atoms with Gasteiger partial charge in [0.05, 0.1) is 13.7 Å². The molecule has 1 atom stereocenters. The third-order valence-corrected chi connectivity index (χ3v) is 4.06. The Balaban J connectivity index is 2.14. The normalized spacial score (nSPS) is 17.6. The number of benzene rings is 1. The lowest BCUT2D eigenvalue weighted by molar-refractivity contribution is 0.0736. The molecule has 1 aliphatic heterocycles. The molecule has 0 radical (unpaired) electrons. The molecule has 1 saturated heterocycles. The second-order valence-corrected chi connectivity index (χ2v) is 6.42. The molecule has 1 fully saturated rings. The molecule has 0 aromatic heterocycles. The maximum atomic E-state index is 12.8. The number of hydrogen-bond acceptors (Lipinski definition) is 4. The predicted molar refractivity (Wildman–Crippen MR) is 91.3 cm³/mol. The second kappa shape index (κ2) is 8.20. The number of likely N-dealkylation sites (N-methyl/N-ethyl adjacent to an activating group) is 1. The average Bonchev–Trinajstić information content (AvgIpc) is 3.00. The van der Waals surface area contributed by atoms with Crippen LogP contribution in [0.4, 0.5) is 0 Å². The van der Waals surface area contributed by atoms with E-state index in [0.717, 1.165) is 25.9 Å². The van der Waals surface area contributed by atoms with Crippen molar-refractivity contribution in [2.45, 2.75) is 32.7 Å². The zero-order valence-electron chi connectivity index (χ0n) is 14.6. The van der Waals surface area contributed by atoms with Crippen molar-refractivity contribution in [2.75, 3.05) is 33.9 Å². The molecule has 0 bridgehead atoms. The Kier molecular flexibility index (Phi) is 6.28. The number of nitrogens with zero attached hydrogens (tertiary/aromatic N) is 1. The van der Waals surface area contributed by atoms with Crippen LogP contribution in [-0.4, -0.2) is 50.7 Å². The Morgan fingerprint density at radius 2 is 2.17 bits per heavy atom. The average molecular weight is 320 g/mol. The lowest BCUT2D eigenvalue weighted by Crippen LogP contribution is -2.40. The van der Waals surface area contributed by atoms with Crippen molar-refractivity contribution in [2.24, 2.45) is 5.92 Å². The fraction of sp³-hybridized carbons (Fsp3) is 0.611. The van der Waals surface area contributed by atoms with Crippen molar-refractivity contribution in [1.82, 2.24) is 10.2 Å². The summed E-state index contributed by atoms with van der Waals surface area (Å²) in [6, 6.07) is 5.72. The maximum Gasteiger partial charge on any atom is 0.254 e. The van der Waals surface area contributed by atoms with Crippen molar-refractivity contribution in [1.29, 1.82) is 0 Å². The summed E-state index contributed by atoms with van der Waals surface area (Å²) in [4.78, 5) is 14.7. The van der Waals surface area contributed by atoms with Crippen LogP contribution < -0.4 is 14.8 Å². The van der Waals surface area contributed by atoms with E-state index in [1.54, 1.807) is 13.2 Å². The Bertz CT molecular complexity index is 531. The number of methoxy groups -OCH3 is 1. The monoisotopic (exact) mass is 320 g/mol. The zero-order valence-corrected chi connectivity index (χ0v) is 14.6. The minimum Gasteiger partial charge on any atom is -0.493 e. The highest BCUT2D eigenvalue weighted by Gasteiger charge is 2.29. The minimum absolute atomic E-state index is 0.0662. The van der Waals surface area contributed by atoms with Crippen LogP contribution in [0.5, 0.6) is 11.5 Å². The van der Waals surface area contributed by atoms with E-state index < -0.39 is 0 Å². The number of carbonyl (C=O) groups is 1. The van der Waals surface area contributed by atoms with Gasteiger partial charge in [-0.1, -0.05) is 13.8 Å². The molecule has 5 nitrogen and oxygen atoms in total. The van der Waals surface area contributed by atoms with Gasteiger partial charge in [0, 0.05) is 24.7 Å². The number of ether oxygens (including phenoxy) is 2. The van der Waals surface area contributed by atoms with E-state index in [1.165, 1.54) is 0 Å². The van der Waals surface area contributed by atoms with Crippen LogP contribution in [0.3, 0.4) is 0 Å². The topological polar surface area (TPSA) is 50.8 Å². The van der Waals surface area contributed by atoms with Crippen molar-refractivity contribution < 1.29 is 14.3 Å². The number of nitrogens with one attached hydrogen (secondary N) is 1. The molecule has 2 rings (SSSR count).